The standard InChI is InChI=1S/C14H21NO2/c1-3-15-13(10-16-2)12-8-4-6-11-7-5-9-17-14(11)12/h4,6,8,13,15H,3,5,7,9-10H2,1-2H3. The number of fused-ring (bicyclic) bond motifs is 1. The van der Waals surface area contributed by atoms with E-state index in [0.29, 0.717) is 6.61 Å². The van der Waals surface area contributed by atoms with E-state index in [9.17, 15) is 0 Å². The first-order chi connectivity index (χ1) is 8.36. The van der Waals surface area contributed by atoms with Gasteiger partial charge in [0.05, 0.1) is 19.3 Å². The van der Waals surface area contributed by atoms with Gasteiger partial charge in [0.1, 0.15) is 5.75 Å². The van der Waals surface area contributed by atoms with Crippen molar-refractivity contribution < 1.29 is 9.47 Å². The number of methoxy groups -OCH3 is 1. The molecule has 1 aliphatic heterocycles. The van der Waals surface area contributed by atoms with Crippen LogP contribution in [-0.4, -0.2) is 26.9 Å². The molecule has 0 aromatic heterocycles. The lowest BCUT2D eigenvalue weighted by Crippen LogP contribution is -2.26. The fourth-order valence-corrected chi connectivity index (χ4v) is 2.36. The molecule has 3 heteroatoms. The summed E-state index contributed by atoms with van der Waals surface area (Å²) in [6, 6.07) is 6.63. The summed E-state index contributed by atoms with van der Waals surface area (Å²) in [5, 5.41) is 3.44. The Bertz CT molecular complexity index is 359. The van der Waals surface area contributed by atoms with E-state index in [1.54, 1.807) is 7.11 Å². The third kappa shape index (κ3) is 2.79. The molecule has 1 aliphatic rings. The lowest BCUT2D eigenvalue weighted by atomic mass is 9.98. The fraction of sp³-hybridized carbons (Fsp3) is 0.571. The monoisotopic (exact) mass is 235 g/mol. The zero-order valence-electron chi connectivity index (χ0n) is 10.7. The first-order valence-corrected chi connectivity index (χ1v) is 6.33. The van der Waals surface area contributed by atoms with E-state index >= 15 is 0 Å². The molecule has 2 rings (SSSR count). The fourth-order valence-electron chi connectivity index (χ4n) is 2.36. The van der Waals surface area contributed by atoms with Crippen LogP contribution in [0, 0.1) is 0 Å². The summed E-state index contributed by atoms with van der Waals surface area (Å²) in [6.07, 6.45) is 2.24. The smallest absolute Gasteiger partial charge is 0.127 e. The first-order valence-electron chi connectivity index (χ1n) is 6.33. The Morgan fingerprint density at radius 2 is 2.35 bits per heavy atom. The van der Waals surface area contributed by atoms with Gasteiger partial charge in [-0.3, -0.25) is 0 Å². The molecule has 0 saturated carbocycles. The predicted octanol–water partition coefficient (Wildman–Crippen LogP) is 2.31. The van der Waals surface area contributed by atoms with Crippen LogP contribution in [0.25, 0.3) is 0 Å². The van der Waals surface area contributed by atoms with Crippen LogP contribution in [0.3, 0.4) is 0 Å². The normalized spacial score (nSPS) is 16.1. The van der Waals surface area contributed by atoms with Crippen LogP contribution in [0.1, 0.15) is 30.5 Å². The number of aryl methyl sites for hydroxylation is 1. The summed E-state index contributed by atoms with van der Waals surface area (Å²) in [4.78, 5) is 0. The van der Waals surface area contributed by atoms with Crippen molar-refractivity contribution in [2.24, 2.45) is 0 Å². The molecule has 0 spiro atoms. The highest BCUT2D eigenvalue weighted by Gasteiger charge is 2.20. The van der Waals surface area contributed by atoms with E-state index < -0.39 is 0 Å². The summed E-state index contributed by atoms with van der Waals surface area (Å²) in [5.41, 5.74) is 2.55. The van der Waals surface area contributed by atoms with Crippen molar-refractivity contribution in [1.82, 2.24) is 5.32 Å². The molecule has 1 aromatic rings. The van der Waals surface area contributed by atoms with Gasteiger partial charge in [0.25, 0.3) is 0 Å². The van der Waals surface area contributed by atoms with Crippen LogP contribution in [0.5, 0.6) is 5.75 Å². The van der Waals surface area contributed by atoms with Crippen LogP contribution < -0.4 is 10.1 Å². The summed E-state index contributed by atoms with van der Waals surface area (Å²) in [7, 11) is 1.74. The predicted molar refractivity (Wildman–Crippen MR) is 68.6 cm³/mol. The SMILES string of the molecule is CCNC(COC)c1cccc2c1OCCC2. The Balaban J connectivity index is 2.28. The van der Waals surface area contributed by atoms with E-state index in [1.807, 2.05) is 0 Å². The average Bonchev–Trinajstić information content (AvgIpc) is 2.38. The van der Waals surface area contributed by atoms with Crippen molar-refractivity contribution in [1.29, 1.82) is 0 Å². The van der Waals surface area contributed by atoms with Crippen molar-refractivity contribution in [2.45, 2.75) is 25.8 Å². The maximum Gasteiger partial charge on any atom is 0.127 e. The average molecular weight is 235 g/mol. The number of benzene rings is 1. The highest BCUT2D eigenvalue weighted by Crippen LogP contribution is 2.32. The third-order valence-electron chi connectivity index (χ3n) is 3.12. The zero-order chi connectivity index (χ0) is 12.1. The van der Waals surface area contributed by atoms with Gasteiger partial charge in [-0.1, -0.05) is 25.1 Å². The van der Waals surface area contributed by atoms with Crippen LogP contribution in [0.4, 0.5) is 0 Å². The summed E-state index contributed by atoms with van der Waals surface area (Å²) in [6.45, 7) is 4.54. The van der Waals surface area contributed by atoms with E-state index in [1.165, 1.54) is 11.1 Å². The third-order valence-corrected chi connectivity index (χ3v) is 3.12. The van der Waals surface area contributed by atoms with Crippen molar-refractivity contribution >= 4 is 0 Å². The van der Waals surface area contributed by atoms with Gasteiger partial charge in [-0.2, -0.15) is 0 Å². The molecule has 1 heterocycles. The Hall–Kier alpha value is -1.06. The maximum absolute atomic E-state index is 5.83. The van der Waals surface area contributed by atoms with Gasteiger partial charge in [-0.05, 0) is 24.9 Å². The van der Waals surface area contributed by atoms with Gasteiger partial charge in [-0.25, -0.2) is 0 Å². The molecular weight excluding hydrogens is 214 g/mol. The molecule has 1 atom stereocenters. The van der Waals surface area contributed by atoms with Gasteiger partial charge in [0.15, 0.2) is 0 Å². The number of nitrogens with one attached hydrogen (secondary N) is 1. The summed E-state index contributed by atoms with van der Waals surface area (Å²) < 4.78 is 11.1. The van der Waals surface area contributed by atoms with E-state index in [-0.39, 0.29) is 6.04 Å². The molecule has 0 amide bonds. The minimum absolute atomic E-state index is 0.220. The Labute approximate surface area is 103 Å². The molecule has 1 N–H and O–H groups in total. The van der Waals surface area contributed by atoms with Gasteiger partial charge in [0.2, 0.25) is 0 Å². The lowest BCUT2D eigenvalue weighted by molar-refractivity contribution is 0.165. The van der Waals surface area contributed by atoms with Crippen molar-refractivity contribution in [3.05, 3.63) is 29.3 Å². The topological polar surface area (TPSA) is 30.5 Å². The summed E-state index contributed by atoms with van der Waals surface area (Å²) >= 11 is 0. The molecule has 0 saturated heterocycles. The minimum atomic E-state index is 0.220. The number of likely N-dealkylation sites (N-methyl/N-ethyl adjacent to an activating group) is 1. The van der Waals surface area contributed by atoms with Crippen molar-refractivity contribution in [3.8, 4) is 5.75 Å². The molecule has 3 nitrogen and oxygen atoms in total. The zero-order valence-corrected chi connectivity index (χ0v) is 10.7. The molecule has 0 aliphatic carbocycles. The largest absolute Gasteiger partial charge is 0.493 e. The first kappa shape index (κ1) is 12.4. The molecule has 0 radical (unpaired) electrons. The van der Waals surface area contributed by atoms with Gasteiger partial charge >= 0.3 is 0 Å². The molecule has 17 heavy (non-hydrogen) atoms. The highest BCUT2D eigenvalue weighted by atomic mass is 16.5. The van der Waals surface area contributed by atoms with Crippen molar-refractivity contribution in [2.75, 3.05) is 26.9 Å². The highest BCUT2D eigenvalue weighted by molar-refractivity contribution is 5.44. The Kier molecular flexibility index (Phi) is 4.40. The van der Waals surface area contributed by atoms with E-state index in [4.69, 9.17) is 9.47 Å². The molecule has 1 aromatic carbocycles. The van der Waals surface area contributed by atoms with E-state index in [2.05, 4.69) is 30.4 Å². The second-order valence-electron chi connectivity index (χ2n) is 4.35. The Morgan fingerprint density at radius 3 is 3.12 bits per heavy atom. The molecular formula is C14H21NO2. The maximum atomic E-state index is 5.83. The van der Waals surface area contributed by atoms with Gasteiger partial charge in [0, 0.05) is 12.7 Å². The quantitative estimate of drug-likeness (QED) is 0.849. The molecule has 1 unspecified atom stereocenters. The second-order valence-corrected chi connectivity index (χ2v) is 4.35. The number of rotatable bonds is 5. The minimum Gasteiger partial charge on any atom is -0.493 e. The van der Waals surface area contributed by atoms with Crippen LogP contribution in [-0.2, 0) is 11.2 Å². The number of hydrogen-bond donors (Lipinski definition) is 1. The second kappa shape index (κ2) is 6.03. The Morgan fingerprint density at radius 1 is 1.47 bits per heavy atom. The van der Waals surface area contributed by atoms with Gasteiger partial charge in [-0.15, -0.1) is 0 Å². The summed E-state index contributed by atoms with van der Waals surface area (Å²) in [5.74, 6) is 1.07. The van der Waals surface area contributed by atoms with Crippen molar-refractivity contribution in [3.63, 3.8) is 0 Å². The lowest BCUT2D eigenvalue weighted by Gasteiger charge is -2.25. The van der Waals surface area contributed by atoms with Crippen LogP contribution in [0.2, 0.25) is 0 Å². The van der Waals surface area contributed by atoms with Crippen LogP contribution in [0.15, 0.2) is 18.2 Å². The molecule has 0 fully saturated rings. The van der Waals surface area contributed by atoms with Crippen LogP contribution >= 0.6 is 0 Å². The number of hydrogen-bond acceptors (Lipinski definition) is 3. The number of ether oxygens (including phenoxy) is 2. The van der Waals surface area contributed by atoms with E-state index in [0.717, 1.165) is 31.7 Å². The number of para-hydroxylation sites is 1. The molecule has 94 valence electrons. The van der Waals surface area contributed by atoms with Gasteiger partial charge < -0.3 is 14.8 Å². The molecule has 0 bridgehead atoms.